The summed E-state index contributed by atoms with van der Waals surface area (Å²) in [5, 5.41) is 5.56. The zero-order chi connectivity index (χ0) is 18.1. The molecular formula is C19H20N4O2S. The predicted octanol–water partition coefficient (Wildman–Crippen LogP) is 2.36. The topological polar surface area (TPSA) is 78.1 Å². The van der Waals surface area contributed by atoms with Crippen molar-refractivity contribution in [3.8, 4) is 11.1 Å². The van der Waals surface area contributed by atoms with Crippen molar-refractivity contribution >= 4 is 27.5 Å². The Hall–Kier alpha value is -2.51. The Balaban J connectivity index is 1.54. The second-order valence-electron chi connectivity index (χ2n) is 6.72. The first-order valence-electron chi connectivity index (χ1n) is 8.64. The van der Waals surface area contributed by atoms with Crippen LogP contribution < -0.4 is 10.9 Å². The van der Waals surface area contributed by atoms with E-state index in [1.807, 2.05) is 47.7 Å². The molecule has 1 aliphatic rings. The monoisotopic (exact) mass is 368 g/mol. The van der Waals surface area contributed by atoms with Crippen molar-refractivity contribution in [1.29, 1.82) is 0 Å². The molecule has 1 saturated carbocycles. The minimum absolute atomic E-state index is 0.0147. The van der Waals surface area contributed by atoms with Gasteiger partial charge in [0, 0.05) is 17.0 Å². The van der Waals surface area contributed by atoms with Crippen molar-refractivity contribution < 1.29 is 4.79 Å². The number of benzene rings is 1. The lowest BCUT2D eigenvalue weighted by Gasteiger charge is -2.15. The summed E-state index contributed by atoms with van der Waals surface area (Å²) >= 11 is 1.47. The van der Waals surface area contributed by atoms with Crippen molar-refractivity contribution in [3.05, 3.63) is 51.9 Å². The molecule has 6 nitrogen and oxygen atoms in total. The molecule has 4 rings (SSSR count). The van der Waals surface area contributed by atoms with E-state index in [4.69, 9.17) is 0 Å². The maximum Gasteiger partial charge on any atom is 0.260 e. The lowest BCUT2D eigenvalue weighted by molar-refractivity contribution is -0.122. The molecule has 7 heteroatoms. The van der Waals surface area contributed by atoms with Gasteiger partial charge in [0.15, 0.2) is 0 Å². The van der Waals surface area contributed by atoms with E-state index in [-0.39, 0.29) is 18.0 Å². The zero-order valence-electron chi connectivity index (χ0n) is 14.5. The SMILES string of the molecule is CN(CC(=O)NC1CC1)Cc1nc2scc(-c3ccccc3)c2c(=O)[nH]1. The largest absolute Gasteiger partial charge is 0.352 e. The number of fused-ring (bicyclic) bond motifs is 1. The van der Waals surface area contributed by atoms with Gasteiger partial charge in [-0.15, -0.1) is 11.3 Å². The van der Waals surface area contributed by atoms with Crippen LogP contribution in [0.2, 0.25) is 0 Å². The molecule has 2 heterocycles. The number of nitrogens with zero attached hydrogens (tertiary/aromatic N) is 2. The molecule has 1 aromatic carbocycles. The van der Waals surface area contributed by atoms with Gasteiger partial charge in [-0.2, -0.15) is 0 Å². The number of thiophene rings is 1. The summed E-state index contributed by atoms with van der Waals surface area (Å²) in [6.07, 6.45) is 2.15. The molecule has 1 fully saturated rings. The number of carbonyl (C=O) groups excluding carboxylic acids is 1. The Kier molecular flexibility index (Phi) is 4.57. The smallest absolute Gasteiger partial charge is 0.260 e. The van der Waals surface area contributed by atoms with Crippen LogP contribution >= 0.6 is 11.3 Å². The number of aromatic amines is 1. The lowest BCUT2D eigenvalue weighted by atomic mass is 10.1. The van der Waals surface area contributed by atoms with E-state index in [2.05, 4.69) is 15.3 Å². The van der Waals surface area contributed by atoms with Gasteiger partial charge in [0.2, 0.25) is 5.91 Å². The summed E-state index contributed by atoms with van der Waals surface area (Å²) < 4.78 is 0. The van der Waals surface area contributed by atoms with E-state index in [0.717, 1.165) is 28.8 Å². The van der Waals surface area contributed by atoms with Crippen molar-refractivity contribution in [3.63, 3.8) is 0 Å². The Bertz CT molecular complexity index is 992. The molecule has 0 atom stereocenters. The molecule has 1 aliphatic carbocycles. The third-order valence-electron chi connectivity index (χ3n) is 4.35. The molecular weight excluding hydrogens is 348 g/mol. The number of aromatic nitrogens is 2. The molecule has 0 saturated heterocycles. The van der Waals surface area contributed by atoms with Gasteiger partial charge in [-0.1, -0.05) is 30.3 Å². The minimum Gasteiger partial charge on any atom is -0.352 e. The highest BCUT2D eigenvalue weighted by molar-refractivity contribution is 7.17. The van der Waals surface area contributed by atoms with Crippen LogP contribution in [0.25, 0.3) is 21.3 Å². The van der Waals surface area contributed by atoms with Crippen LogP contribution in [0.1, 0.15) is 18.7 Å². The fourth-order valence-electron chi connectivity index (χ4n) is 2.96. The number of rotatable bonds is 6. The normalized spacial score (nSPS) is 14.1. The second kappa shape index (κ2) is 7.01. The number of likely N-dealkylation sites (N-methyl/N-ethyl adjacent to an activating group) is 1. The van der Waals surface area contributed by atoms with Crippen LogP contribution in [0.5, 0.6) is 0 Å². The summed E-state index contributed by atoms with van der Waals surface area (Å²) in [6.45, 7) is 0.708. The zero-order valence-corrected chi connectivity index (χ0v) is 15.3. The Labute approximate surface area is 154 Å². The highest BCUT2D eigenvalue weighted by Crippen LogP contribution is 2.30. The number of amides is 1. The highest BCUT2D eigenvalue weighted by Gasteiger charge is 2.23. The average Bonchev–Trinajstić information content (AvgIpc) is 3.31. The fraction of sp³-hybridized carbons (Fsp3) is 0.316. The summed E-state index contributed by atoms with van der Waals surface area (Å²) in [5.41, 5.74) is 1.77. The molecule has 0 radical (unpaired) electrons. The molecule has 2 aromatic heterocycles. The molecule has 2 N–H and O–H groups in total. The van der Waals surface area contributed by atoms with Gasteiger partial charge in [-0.25, -0.2) is 4.98 Å². The van der Waals surface area contributed by atoms with Crippen LogP contribution in [0.4, 0.5) is 0 Å². The van der Waals surface area contributed by atoms with Crippen molar-refractivity contribution in [2.45, 2.75) is 25.4 Å². The van der Waals surface area contributed by atoms with Gasteiger partial charge in [0.05, 0.1) is 18.5 Å². The molecule has 1 amide bonds. The van der Waals surface area contributed by atoms with Gasteiger partial charge in [0.25, 0.3) is 5.56 Å². The Morgan fingerprint density at radius 2 is 2.12 bits per heavy atom. The van der Waals surface area contributed by atoms with Gasteiger partial charge in [-0.05, 0) is 25.5 Å². The second-order valence-corrected chi connectivity index (χ2v) is 7.58. The molecule has 26 heavy (non-hydrogen) atoms. The van der Waals surface area contributed by atoms with Gasteiger partial charge >= 0.3 is 0 Å². The van der Waals surface area contributed by atoms with Crippen molar-refractivity contribution in [2.24, 2.45) is 0 Å². The van der Waals surface area contributed by atoms with Crippen LogP contribution in [0.15, 0.2) is 40.5 Å². The van der Waals surface area contributed by atoms with E-state index in [1.54, 1.807) is 0 Å². The quantitative estimate of drug-likeness (QED) is 0.700. The van der Waals surface area contributed by atoms with Crippen LogP contribution in [-0.2, 0) is 11.3 Å². The lowest BCUT2D eigenvalue weighted by Crippen LogP contribution is -2.36. The van der Waals surface area contributed by atoms with Gasteiger partial charge in [0.1, 0.15) is 10.7 Å². The summed E-state index contributed by atoms with van der Waals surface area (Å²) in [6, 6.07) is 10.2. The highest BCUT2D eigenvalue weighted by atomic mass is 32.1. The first kappa shape index (κ1) is 16.9. The van der Waals surface area contributed by atoms with Crippen molar-refractivity contribution in [1.82, 2.24) is 20.2 Å². The first-order chi connectivity index (χ1) is 12.6. The summed E-state index contributed by atoms with van der Waals surface area (Å²) in [7, 11) is 1.85. The van der Waals surface area contributed by atoms with E-state index in [9.17, 15) is 9.59 Å². The fourth-order valence-corrected chi connectivity index (χ4v) is 3.92. The summed E-state index contributed by atoms with van der Waals surface area (Å²) in [5.74, 6) is 0.589. The van der Waals surface area contributed by atoms with Crippen LogP contribution in [0.3, 0.4) is 0 Å². The van der Waals surface area contributed by atoms with E-state index < -0.39 is 0 Å². The third-order valence-corrected chi connectivity index (χ3v) is 5.23. The molecule has 3 aromatic rings. The molecule has 0 aliphatic heterocycles. The molecule has 0 unspecified atom stereocenters. The molecule has 0 bridgehead atoms. The molecule has 0 spiro atoms. The molecule has 134 valence electrons. The number of hydrogen-bond acceptors (Lipinski definition) is 5. The van der Waals surface area contributed by atoms with Gasteiger partial charge < -0.3 is 10.3 Å². The Morgan fingerprint density at radius 1 is 1.35 bits per heavy atom. The maximum atomic E-state index is 12.6. The minimum atomic E-state index is -0.138. The standard InChI is InChI=1S/C19H20N4O2S/c1-23(10-16(24)20-13-7-8-13)9-15-21-18(25)17-14(11-26-19(17)22-15)12-5-3-2-4-6-12/h2-6,11,13H,7-10H2,1H3,(H,20,24)(H,21,22,25). The van der Waals surface area contributed by atoms with E-state index in [1.165, 1.54) is 11.3 Å². The van der Waals surface area contributed by atoms with E-state index >= 15 is 0 Å². The first-order valence-corrected chi connectivity index (χ1v) is 9.52. The summed E-state index contributed by atoms with van der Waals surface area (Å²) in [4.78, 5) is 34.6. The third kappa shape index (κ3) is 3.68. The maximum absolute atomic E-state index is 12.6. The number of carbonyl (C=O) groups is 1. The van der Waals surface area contributed by atoms with Gasteiger partial charge in [-0.3, -0.25) is 14.5 Å². The predicted molar refractivity (Wildman–Crippen MR) is 103 cm³/mol. The van der Waals surface area contributed by atoms with Crippen LogP contribution in [0, 0.1) is 0 Å². The van der Waals surface area contributed by atoms with Crippen LogP contribution in [-0.4, -0.2) is 40.4 Å². The Morgan fingerprint density at radius 3 is 2.85 bits per heavy atom. The van der Waals surface area contributed by atoms with E-state index in [0.29, 0.717) is 23.8 Å². The number of H-pyrrole nitrogens is 1. The number of hydrogen-bond donors (Lipinski definition) is 2. The number of nitrogens with one attached hydrogen (secondary N) is 2. The van der Waals surface area contributed by atoms with Crippen molar-refractivity contribution in [2.75, 3.05) is 13.6 Å². The average molecular weight is 368 g/mol.